The molecule has 0 fully saturated rings. The molecule has 0 spiro atoms. The van der Waals surface area contributed by atoms with E-state index < -0.39 is 0 Å². The van der Waals surface area contributed by atoms with Crippen LogP contribution in [-0.4, -0.2) is 20.7 Å². The lowest BCUT2D eigenvalue weighted by atomic mass is 10.2. The molecule has 0 aliphatic rings. The normalized spacial score (nSPS) is 12.2. The largest absolute Gasteiger partial charge is 0.343 e. The van der Waals surface area contributed by atoms with Crippen LogP contribution in [0.1, 0.15) is 39.6 Å². The van der Waals surface area contributed by atoms with E-state index in [4.69, 9.17) is 0 Å². The predicted octanol–water partition coefficient (Wildman–Crippen LogP) is 4.48. The summed E-state index contributed by atoms with van der Waals surface area (Å²) < 4.78 is 15.0. The van der Waals surface area contributed by atoms with Crippen LogP contribution in [-0.2, 0) is 6.54 Å². The quantitative estimate of drug-likeness (QED) is 0.543. The Balaban J connectivity index is 1.57. The highest BCUT2D eigenvalue weighted by Gasteiger charge is 2.18. The molecule has 28 heavy (non-hydrogen) atoms. The second-order valence-corrected chi connectivity index (χ2v) is 7.68. The Labute approximate surface area is 165 Å². The Hall–Kier alpha value is -3.06. The molecule has 4 rings (SSSR count). The molecule has 1 N–H and O–H groups in total. The van der Waals surface area contributed by atoms with E-state index in [1.54, 1.807) is 18.3 Å². The van der Waals surface area contributed by atoms with Crippen molar-refractivity contribution in [1.29, 1.82) is 0 Å². The Morgan fingerprint density at radius 3 is 2.75 bits per heavy atom. The van der Waals surface area contributed by atoms with Crippen molar-refractivity contribution in [3.05, 3.63) is 82.4 Å². The highest BCUT2D eigenvalue weighted by atomic mass is 32.1. The zero-order chi connectivity index (χ0) is 19.7. The average Bonchev–Trinajstić information content (AvgIpc) is 3.26. The number of aromatic nitrogens is 3. The summed E-state index contributed by atoms with van der Waals surface area (Å²) in [6.07, 6.45) is 1.71. The lowest BCUT2D eigenvalue weighted by Crippen LogP contribution is -2.26. The van der Waals surface area contributed by atoms with Gasteiger partial charge in [-0.3, -0.25) is 14.5 Å². The second-order valence-electron chi connectivity index (χ2n) is 6.65. The van der Waals surface area contributed by atoms with E-state index in [1.807, 2.05) is 42.8 Å². The highest BCUT2D eigenvalue weighted by molar-refractivity contribution is 7.20. The molecule has 0 aliphatic carbocycles. The number of hydrogen-bond acceptors (Lipinski definition) is 4. The first-order chi connectivity index (χ1) is 13.5. The van der Waals surface area contributed by atoms with Gasteiger partial charge >= 0.3 is 0 Å². The second kappa shape index (κ2) is 7.52. The lowest BCUT2D eigenvalue weighted by molar-refractivity contribution is 0.0943. The van der Waals surface area contributed by atoms with E-state index in [-0.39, 0.29) is 17.8 Å². The van der Waals surface area contributed by atoms with E-state index in [0.717, 1.165) is 27.2 Å². The Bertz CT molecular complexity index is 1120. The zero-order valence-corrected chi connectivity index (χ0v) is 16.3. The van der Waals surface area contributed by atoms with Crippen LogP contribution in [0.4, 0.5) is 4.39 Å². The number of nitrogens with one attached hydrogen (secondary N) is 1. The van der Waals surface area contributed by atoms with Gasteiger partial charge in [-0.05, 0) is 49.7 Å². The van der Waals surface area contributed by atoms with Crippen LogP contribution in [0.2, 0.25) is 0 Å². The third kappa shape index (κ3) is 3.66. The maximum absolute atomic E-state index is 13.1. The minimum Gasteiger partial charge on any atom is -0.343 e. The van der Waals surface area contributed by atoms with Gasteiger partial charge in [-0.25, -0.2) is 4.39 Å². The Kier molecular flexibility index (Phi) is 4.92. The first kappa shape index (κ1) is 18.3. The summed E-state index contributed by atoms with van der Waals surface area (Å²) in [5.41, 5.74) is 2.63. The third-order valence-electron chi connectivity index (χ3n) is 4.56. The summed E-state index contributed by atoms with van der Waals surface area (Å²) in [6, 6.07) is 13.7. The van der Waals surface area contributed by atoms with E-state index >= 15 is 0 Å². The molecule has 0 bridgehead atoms. The summed E-state index contributed by atoms with van der Waals surface area (Å²) in [6.45, 7) is 4.36. The van der Waals surface area contributed by atoms with E-state index in [1.165, 1.54) is 23.5 Å². The van der Waals surface area contributed by atoms with Crippen LogP contribution < -0.4 is 5.32 Å². The number of halogens is 1. The number of carbonyl (C=O) groups excluding carboxylic acids is 1. The van der Waals surface area contributed by atoms with Crippen molar-refractivity contribution in [2.24, 2.45) is 0 Å². The van der Waals surface area contributed by atoms with Crippen molar-refractivity contribution < 1.29 is 9.18 Å². The average molecular weight is 394 g/mol. The monoisotopic (exact) mass is 394 g/mol. The van der Waals surface area contributed by atoms with Gasteiger partial charge < -0.3 is 5.32 Å². The van der Waals surface area contributed by atoms with Gasteiger partial charge in [0.15, 0.2) is 0 Å². The Morgan fingerprint density at radius 2 is 2.04 bits per heavy atom. The number of aryl methyl sites for hydroxylation is 1. The molecule has 7 heteroatoms. The summed E-state index contributed by atoms with van der Waals surface area (Å²) in [5, 5.41) is 8.52. The summed E-state index contributed by atoms with van der Waals surface area (Å²) in [7, 11) is 0. The van der Waals surface area contributed by atoms with Crippen LogP contribution in [0.25, 0.3) is 10.2 Å². The van der Waals surface area contributed by atoms with Gasteiger partial charge in [0.2, 0.25) is 0 Å². The number of thiophene rings is 1. The molecule has 1 aromatic carbocycles. The number of benzene rings is 1. The van der Waals surface area contributed by atoms with Gasteiger partial charge in [-0.1, -0.05) is 18.2 Å². The number of pyridine rings is 1. The van der Waals surface area contributed by atoms with Gasteiger partial charge in [0, 0.05) is 11.6 Å². The summed E-state index contributed by atoms with van der Waals surface area (Å²) in [4.78, 5) is 18.6. The fourth-order valence-electron chi connectivity index (χ4n) is 3.07. The Morgan fingerprint density at radius 1 is 1.25 bits per heavy atom. The zero-order valence-electron chi connectivity index (χ0n) is 15.5. The third-order valence-corrected chi connectivity index (χ3v) is 5.70. The molecule has 3 aromatic heterocycles. The first-order valence-electron chi connectivity index (χ1n) is 8.94. The summed E-state index contributed by atoms with van der Waals surface area (Å²) >= 11 is 1.41. The van der Waals surface area contributed by atoms with Gasteiger partial charge in [-0.15, -0.1) is 11.3 Å². The topological polar surface area (TPSA) is 59.8 Å². The smallest absolute Gasteiger partial charge is 0.261 e. The van der Waals surface area contributed by atoms with Crippen molar-refractivity contribution in [3.8, 4) is 0 Å². The van der Waals surface area contributed by atoms with Gasteiger partial charge in [0.1, 0.15) is 10.6 Å². The molecule has 0 saturated heterocycles. The number of hydrogen-bond donors (Lipinski definition) is 1. The van der Waals surface area contributed by atoms with Gasteiger partial charge in [-0.2, -0.15) is 5.10 Å². The van der Waals surface area contributed by atoms with Crippen LogP contribution in [0.15, 0.2) is 54.7 Å². The maximum Gasteiger partial charge on any atom is 0.261 e. The molecule has 142 valence electrons. The standard InChI is InChI=1S/C21H19FN4OS/c1-13-17-11-19(20(27)24-14(2)18-5-3-4-10-23-18)28-21(17)26(25-13)12-15-6-8-16(22)9-7-15/h3-11,14H,12H2,1-2H3,(H,24,27). The lowest BCUT2D eigenvalue weighted by Gasteiger charge is -2.12. The molecule has 5 nitrogen and oxygen atoms in total. The molecule has 0 aliphatic heterocycles. The van der Waals surface area contributed by atoms with Crippen molar-refractivity contribution in [2.45, 2.75) is 26.4 Å². The molecule has 1 atom stereocenters. The predicted molar refractivity (Wildman–Crippen MR) is 108 cm³/mol. The minimum absolute atomic E-state index is 0.132. The van der Waals surface area contributed by atoms with Crippen LogP contribution in [0, 0.1) is 12.7 Å². The molecule has 0 radical (unpaired) electrons. The van der Waals surface area contributed by atoms with Crippen LogP contribution in [0.5, 0.6) is 0 Å². The molecule has 1 unspecified atom stereocenters. The van der Waals surface area contributed by atoms with Crippen molar-refractivity contribution in [2.75, 3.05) is 0 Å². The number of rotatable bonds is 5. The van der Waals surface area contributed by atoms with Crippen molar-refractivity contribution >= 4 is 27.5 Å². The van der Waals surface area contributed by atoms with E-state index in [2.05, 4.69) is 15.4 Å². The van der Waals surface area contributed by atoms with Crippen molar-refractivity contribution in [1.82, 2.24) is 20.1 Å². The fraction of sp³-hybridized carbons (Fsp3) is 0.190. The molecule has 0 saturated carbocycles. The maximum atomic E-state index is 13.1. The number of nitrogens with zero attached hydrogens (tertiary/aromatic N) is 3. The SMILES string of the molecule is Cc1nn(Cc2ccc(F)cc2)c2sc(C(=O)NC(C)c3ccccn3)cc12. The number of fused-ring (bicyclic) bond motifs is 1. The molecule has 1 amide bonds. The van der Waals surface area contributed by atoms with E-state index in [0.29, 0.717) is 11.4 Å². The minimum atomic E-state index is -0.261. The van der Waals surface area contributed by atoms with Crippen LogP contribution in [0.3, 0.4) is 0 Å². The van der Waals surface area contributed by atoms with Crippen LogP contribution >= 0.6 is 11.3 Å². The van der Waals surface area contributed by atoms with Gasteiger partial charge in [0.25, 0.3) is 5.91 Å². The molecular weight excluding hydrogens is 375 g/mol. The number of carbonyl (C=O) groups is 1. The first-order valence-corrected chi connectivity index (χ1v) is 9.76. The molecular formula is C21H19FN4OS. The molecule has 4 aromatic rings. The molecule has 3 heterocycles. The highest BCUT2D eigenvalue weighted by Crippen LogP contribution is 2.29. The van der Waals surface area contributed by atoms with Crippen molar-refractivity contribution in [3.63, 3.8) is 0 Å². The number of amides is 1. The van der Waals surface area contributed by atoms with E-state index in [9.17, 15) is 9.18 Å². The van der Waals surface area contributed by atoms with Gasteiger partial charge in [0.05, 0.1) is 28.9 Å². The summed E-state index contributed by atoms with van der Waals surface area (Å²) in [5.74, 6) is -0.394. The fourth-order valence-corrected chi connectivity index (χ4v) is 4.13.